The molecule has 0 radical (unpaired) electrons. The minimum absolute atomic E-state index is 0.615. The highest BCUT2D eigenvalue weighted by atomic mass is 15.1. The molecule has 2 aromatic heterocycles. The van der Waals surface area contributed by atoms with Crippen molar-refractivity contribution >= 4 is 11.6 Å². The molecule has 2 aromatic rings. The number of hydrogen-bond acceptors (Lipinski definition) is 6. The molecule has 6 nitrogen and oxygen atoms in total. The van der Waals surface area contributed by atoms with Crippen LogP contribution in [0.3, 0.4) is 0 Å². The Morgan fingerprint density at radius 1 is 1.00 bits per heavy atom. The molecule has 0 atom stereocenters. The lowest BCUT2D eigenvalue weighted by Crippen LogP contribution is -2.09. The summed E-state index contributed by atoms with van der Waals surface area (Å²) in [5.74, 6) is 3.17. The summed E-state index contributed by atoms with van der Waals surface area (Å²) in [6, 6.07) is 1.89. The standard InChI is InChI=1S/C13H18N6/c1-8-12(14-4)18-10(3)19-13(8)16-7-11-5-6-15-9(2)17-11/h5-6H,7H2,1-4H3,(H2,14,16,18,19). The third kappa shape index (κ3) is 3.15. The van der Waals surface area contributed by atoms with Crippen molar-refractivity contribution < 1.29 is 0 Å². The summed E-state index contributed by atoms with van der Waals surface area (Å²) < 4.78 is 0. The lowest BCUT2D eigenvalue weighted by Gasteiger charge is -2.12. The van der Waals surface area contributed by atoms with Crippen LogP contribution in [0.4, 0.5) is 11.6 Å². The average molecular weight is 258 g/mol. The molecule has 100 valence electrons. The van der Waals surface area contributed by atoms with Crippen LogP contribution in [0.2, 0.25) is 0 Å². The fourth-order valence-electron chi connectivity index (χ4n) is 1.82. The third-order valence-electron chi connectivity index (χ3n) is 2.77. The third-order valence-corrected chi connectivity index (χ3v) is 2.77. The zero-order valence-electron chi connectivity index (χ0n) is 11.7. The van der Waals surface area contributed by atoms with E-state index < -0.39 is 0 Å². The maximum absolute atomic E-state index is 4.41. The van der Waals surface area contributed by atoms with E-state index in [1.807, 2.05) is 33.9 Å². The molecule has 0 amide bonds. The quantitative estimate of drug-likeness (QED) is 0.871. The highest BCUT2D eigenvalue weighted by Gasteiger charge is 2.08. The second-order valence-corrected chi connectivity index (χ2v) is 4.29. The van der Waals surface area contributed by atoms with Gasteiger partial charge in [0.05, 0.1) is 12.2 Å². The Morgan fingerprint density at radius 2 is 1.74 bits per heavy atom. The van der Waals surface area contributed by atoms with Crippen LogP contribution >= 0.6 is 0 Å². The van der Waals surface area contributed by atoms with E-state index in [1.165, 1.54) is 0 Å². The first-order valence-electron chi connectivity index (χ1n) is 6.15. The molecule has 2 N–H and O–H groups in total. The van der Waals surface area contributed by atoms with Crippen LogP contribution in [0.5, 0.6) is 0 Å². The molecule has 0 aliphatic heterocycles. The predicted molar refractivity (Wildman–Crippen MR) is 75.1 cm³/mol. The fourth-order valence-corrected chi connectivity index (χ4v) is 1.82. The first-order valence-corrected chi connectivity index (χ1v) is 6.15. The summed E-state index contributed by atoms with van der Waals surface area (Å²) in [5, 5.41) is 6.36. The molecule has 0 bridgehead atoms. The molecule has 2 rings (SSSR count). The second kappa shape index (κ2) is 5.60. The maximum atomic E-state index is 4.41. The molecule has 0 unspecified atom stereocenters. The van der Waals surface area contributed by atoms with Gasteiger partial charge in [-0.25, -0.2) is 19.9 Å². The molecule has 0 aliphatic rings. The van der Waals surface area contributed by atoms with Crippen molar-refractivity contribution in [2.24, 2.45) is 0 Å². The van der Waals surface area contributed by atoms with Crippen LogP contribution in [0.15, 0.2) is 12.3 Å². The molecule has 0 aromatic carbocycles. The van der Waals surface area contributed by atoms with Crippen LogP contribution in [-0.4, -0.2) is 27.0 Å². The molecular weight excluding hydrogens is 240 g/mol. The molecule has 0 saturated carbocycles. The summed E-state index contributed by atoms with van der Waals surface area (Å²) >= 11 is 0. The van der Waals surface area contributed by atoms with Gasteiger partial charge >= 0.3 is 0 Å². The van der Waals surface area contributed by atoms with E-state index in [9.17, 15) is 0 Å². The number of aryl methyl sites for hydroxylation is 2. The topological polar surface area (TPSA) is 75.6 Å². The molecular formula is C13H18N6. The van der Waals surface area contributed by atoms with Crippen molar-refractivity contribution in [3.05, 3.63) is 35.2 Å². The number of nitrogens with zero attached hydrogens (tertiary/aromatic N) is 4. The van der Waals surface area contributed by atoms with Crippen molar-refractivity contribution in [2.45, 2.75) is 27.3 Å². The summed E-state index contributed by atoms with van der Waals surface area (Å²) in [6.07, 6.45) is 1.76. The Labute approximate surface area is 112 Å². The highest BCUT2D eigenvalue weighted by molar-refractivity contribution is 5.56. The van der Waals surface area contributed by atoms with Gasteiger partial charge < -0.3 is 10.6 Å². The van der Waals surface area contributed by atoms with Gasteiger partial charge in [-0.3, -0.25) is 0 Å². The number of nitrogens with one attached hydrogen (secondary N) is 2. The van der Waals surface area contributed by atoms with Crippen molar-refractivity contribution in [1.29, 1.82) is 0 Å². The van der Waals surface area contributed by atoms with Crippen LogP contribution in [0.1, 0.15) is 22.9 Å². The van der Waals surface area contributed by atoms with Crippen molar-refractivity contribution in [3.8, 4) is 0 Å². The van der Waals surface area contributed by atoms with E-state index >= 15 is 0 Å². The minimum Gasteiger partial charge on any atom is -0.373 e. The molecule has 0 spiro atoms. The van der Waals surface area contributed by atoms with E-state index in [4.69, 9.17) is 0 Å². The summed E-state index contributed by atoms with van der Waals surface area (Å²) in [4.78, 5) is 17.2. The van der Waals surface area contributed by atoms with Crippen molar-refractivity contribution in [2.75, 3.05) is 17.7 Å². The van der Waals surface area contributed by atoms with E-state index in [-0.39, 0.29) is 0 Å². The largest absolute Gasteiger partial charge is 0.373 e. The molecule has 6 heteroatoms. The zero-order valence-corrected chi connectivity index (χ0v) is 11.7. The Hall–Kier alpha value is -2.24. The molecule has 0 fully saturated rings. The number of hydrogen-bond donors (Lipinski definition) is 2. The van der Waals surface area contributed by atoms with E-state index in [1.54, 1.807) is 6.20 Å². The van der Waals surface area contributed by atoms with Crippen LogP contribution < -0.4 is 10.6 Å². The predicted octanol–water partition coefficient (Wildman–Crippen LogP) is 1.85. The van der Waals surface area contributed by atoms with E-state index in [0.29, 0.717) is 6.54 Å². The van der Waals surface area contributed by atoms with Gasteiger partial charge in [0.15, 0.2) is 0 Å². The molecule has 0 saturated heterocycles. The average Bonchev–Trinajstić information content (AvgIpc) is 2.39. The van der Waals surface area contributed by atoms with Gasteiger partial charge in [-0.15, -0.1) is 0 Å². The first kappa shape index (κ1) is 13.2. The molecule has 0 aliphatic carbocycles. The number of anilines is 2. The Bertz CT molecular complexity index is 581. The minimum atomic E-state index is 0.615. The van der Waals surface area contributed by atoms with Gasteiger partial charge in [0, 0.05) is 18.8 Å². The van der Waals surface area contributed by atoms with Crippen LogP contribution in [0, 0.1) is 20.8 Å². The van der Waals surface area contributed by atoms with Gasteiger partial charge in [0.25, 0.3) is 0 Å². The van der Waals surface area contributed by atoms with Crippen LogP contribution in [-0.2, 0) is 6.54 Å². The summed E-state index contributed by atoms with van der Waals surface area (Å²) in [6.45, 7) is 6.35. The first-order chi connectivity index (χ1) is 9.10. The van der Waals surface area contributed by atoms with E-state index in [2.05, 4.69) is 30.6 Å². The lowest BCUT2D eigenvalue weighted by atomic mass is 10.3. The Morgan fingerprint density at radius 3 is 2.42 bits per heavy atom. The summed E-state index contributed by atoms with van der Waals surface area (Å²) in [5.41, 5.74) is 1.94. The Balaban J connectivity index is 2.17. The number of rotatable bonds is 4. The van der Waals surface area contributed by atoms with Gasteiger partial charge in [-0.1, -0.05) is 0 Å². The van der Waals surface area contributed by atoms with Gasteiger partial charge in [0.2, 0.25) is 0 Å². The monoisotopic (exact) mass is 258 g/mol. The SMILES string of the molecule is CNc1nc(C)nc(NCc2ccnc(C)n2)c1C. The van der Waals surface area contributed by atoms with Crippen molar-refractivity contribution in [1.82, 2.24) is 19.9 Å². The zero-order chi connectivity index (χ0) is 13.8. The Kier molecular flexibility index (Phi) is 3.89. The lowest BCUT2D eigenvalue weighted by molar-refractivity contribution is 0.938. The number of aromatic nitrogens is 4. The normalized spacial score (nSPS) is 10.3. The van der Waals surface area contributed by atoms with Gasteiger partial charge in [0.1, 0.15) is 23.3 Å². The summed E-state index contributed by atoms with van der Waals surface area (Å²) in [7, 11) is 1.85. The smallest absolute Gasteiger partial charge is 0.135 e. The van der Waals surface area contributed by atoms with E-state index in [0.717, 1.165) is 34.5 Å². The van der Waals surface area contributed by atoms with Crippen LogP contribution in [0.25, 0.3) is 0 Å². The highest BCUT2D eigenvalue weighted by Crippen LogP contribution is 2.19. The fraction of sp³-hybridized carbons (Fsp3) is 0.385. The van der Waals surface area contributed by atoms with Crippen molar-refractivity contribution in [3.63, 3.8) is 0 Å². The maximum Gasteiger partial charge on any atom is 0.135 e. The molecule has 19 heavy (non-hydrogen) atoms. The van der Waals surface area contributed by atoms with Gasteiger partial charge in [-0.05, 0) is 26.8 Å². The molecule has 2 heterocycles. The second-order valence-electron chi connectivity index (χ2n) is 4.29. The van der Waals surface area contributed by atoms with Gasteiger partial charge in [-0.2, -0.15) is 0 Å².